The molecule has 3 rings (SSSR count). The summed E-state index contributed by atoms with van der Waals surface area (Å²) in [5.74, 6) is -6.68. The average molecular weight is 452 g/mol. The Kier molecular flexibility index (Phi) is 7.01. The van der Waals surface area contributed by atoms with Gasteiger partial charge in [0.15, 0.2) is 11.6 Å². The van der Waals surface area contributed by atoms with E-state index in [0.717, 1.165) is 0 Å². The number of carbonyl (C=O) groups excluding carboxylic acids is 5. The van der Waals surface area contributed by atoms with Crippen molar-refractivity contribution in [3.63, 3.8) is 0 Å². The zero-order valence-electron chi connectivity index (χ0n) is 17.1. The van der Waals surface area contributed by atoms with Crippen LogP contribution in [0.1, 0.15) is 36.0 Å². The molecule has 2 fully saturated rings. The highest BCUT2D eigenvalue weighted by atomic mass is 19.2. The predicted octanol–water partition coefficient (Wildman–Crippen LogP) is 0.615. The van der Waals surface area contributed by atoms with E-state index in [1.807, 2.05) is 0 Å². The number of nitrogens with one attached hydrogen (secondary N) is 4. The van der Waals surface area contributed by atoms with Crippen molar-refractivity contribution in [2.24, 2.45) is 5.92 Å². The predicted molar refractivity (Wildman–Crippen MR) is 106 cm³/mol. The molecule has 172 valence electrons. The van der Waals surface area contributed by atoms with Crippen LogP contribution in [0.4, 0.5) is 19.3 Å². The molecule has 1 aromatic rings. The summed E-state index contributed by atoms with van der Waals surface area (Å²) in [4.78, 5) is 61.0. The summed E-state index contributed by atoms with van der Waals surface area (Å²) in [6.45, 7) is 0.388. The Balaban J connectivity index is 1.82. The van der Waals surface area contributed by atoms with Crippen LogP contribution in [0.5, 0.6) is 0 Å². The number of anilines is 1. The Hall–Kier alpha value is -3.57. The largest absolute Gasteiger partial charge is 0.446 e. The zero-order valence-corrected chi connectivity index (χ0v) is 17.1. The third kappa shape index (κ3) is 5.56. The molecule has 2 atom stereocenters. The highest BCUT2D eigenvalue weighted by Gasteiger charge is 2.34. The Morgan fingerprint density at radius 2 is 1.84 bits per heavy atom. The molecule has 4 N–H and O–H groups in total. The second-order valence-electron chi connectivity index (χ2n) is 7.52. The molecule has 0 aromatic heterocycles. The lowest BCUT2D eigenvalue weighted by atomic mass is 9.95. The molecule has 1 aromatic carbocycles. The molecule has 1 heterocycles. The molecule has 0 unspecified atom stereocenters. The molecule has 2 aliphatic rings. The molecule has 1 saturated carbocycles. The van der Waals surface area contributed by atoms with E-state index in [1.54, 1.807) is 0 Å². The summed E-state index contributed by atoms with van der Waals surface area (Å²) in [5, 5.41) is 9.23. The molecule has 12 heteroatoms. The number of halogens is 2. The quantitative estimate of drug-likeness (QED) is 0.426. The number of carbonyl (C=O) groups is 5. The van der Waals surface area contributed by atoms with Gasteiger partial charge >= 0.3 is 6.09 Å². The van der Waals surface area contributed by atoms with Crippen LogP contribution in [-0.2, 0) is 19.1 Å². The van der Waals surface area contributed by atoms with Crippen molar-refractivity contribution in [1.82, 2.24) is 16.0 Å². The minimum atomic E-state index is -1.41. The maximum absolute atomic E-state index is 13.9. The zero-order chi connectivity index (χ0) is 23.4. The van der Waals surface area contributed by atoms with Gasteiger partial charge in [0.25, 0.3) is 11.8 Å². The van der Waals surface area contributed by atoms with E-state index < -0.39 is 52.8 Å². The Morgan fingerprint density at radius 3 is 2.44 bits per heavy atom. The van der Waals surface area contributed by atoms with Gasteiger partial charge in [-0.25, -0.2) is 13.6 Å². The molecular weight excluding hydrogens is 430 g/mol. The van der Waals surface area contributed by atoms with Gasteiger partial charge in [0.05, 0.1) is 17.3 Å². The Labute approximate surface area is 181 Å². The molecule has 1 aliphatic carbocycles. The molecule has 0 bridgehead atoms. The van der Waals surface area contributed by atoms with Crippen LogP contribution in [0, 0.1) is 17.6 Å². The van der Waals surface area contributed by atoms with Crippen LogP contribution in [0.15, 0.2) is 12.1 Å². The lowest BCUT2D eigenvalue weighted by molar-refractivity contribution is -0.139. The van der Waals surface area contributed by atoms with Crippen LogP contribution in [-0.4, -0.2) is 55.3 Å². The Morgan fingerprint density at radius 1 is 1.16 bits per heavy atom. The smallest absolute Gasteiger partial charge is 0.411 e. The third-order valence-corrected chi connectivity index (χ3v) is 5.10. The van der Waals surface area contributed by atoms with Gasteiger partial charge in [-0.1, -0.05) is 0 Å². The highest BCUT2D eigenvalue weighted by molar-refractivity contribution is 6.38. The minimum Gasteiger partial charge on any atom is -0.446 e. The highest BCUT2D eigenvalue weighted by Crippen LogP contribution is 2.26. The van der Waals surface area contributed by atoms with Crippen LogP contribution < -0.4 is 21.3 Å². The van der Waals surface area contributed by atoms with Crippen molar-refractivity contribution < 1.29 is 37.5 Å². The molecule has 1 saturated heterocycles. The first-order chi connectivity index (χ1) is 15.2. The van der Waals surface area contributed by atoms with Crippen molar-refractivity contribution in [3.05, 3.63) is 29.3 Å². The summed E-state index contributed by atoms with van der Waals surface area (Å²) in [7, 11) is 1.23. The summed E-state index contributed by atoms with van der Waals surface area (Å²) >= 11 is 0. The van der Waals surface area contributed by atoms with E-state index in [2.05, 4.69) is 21.3 Å². The second-order valence-corrected chi connectivity index (χ2v) is 7.52. The van der Waals surface area contributed by atoms with Gasteiger partial charge in [0.1, 0.15) is 6.10 Å². The summed E-state index contributed by atoms with van der Waals surface area (Å²) in [5.41, 5.74) is -0.862. The van der Waals surface area contributed by atoms with Gasteiger partial charge in [0, 0.05) is 25.6 Å². The number of hydrogen-bond donors (Lipinski definition) is 4. The van der Waals surface area contributed by atoms with Crippen LogP contribution in [0.3, 0.4) is 0 Å². The van der Waals surface area contributed by atoms with Crippen LogP contribution in [0.25, 0.3) is 0 Å². The van der Waals surface area contributed by atoms with E-state index in [-0.39, 0.29) is 24.1 Å². The van der Waals surface area contributed by atoms with Gasteiger partial charge in [-0.3, -0.25) is 24.5 Å². The number of likely N-dealkylation sites (N-methyl/N-ethyl adjacent to an activating group) is 1. The standard InChI is InChI=1S/C20H22F2N4O6/c1-23-19(30)16(27)15(6-9-4-5-24-17(9)28)25-18(29)11-7-12(21)13(22)8-14(11)26-20(31)32-10-2-3-10/h7-10,15H,2-6H2,1H3,(H,23,30)(H,24,28)(H,25,29)(H,26,31)/t9-,15-/m0/s1. The maximum atomic E-state index is 13.9. The van der Waals surface area contributed by atoms with Crippen molar-refractivity contribution in [3.8, 4) is 0 Å². The lowest BCUT2D eigenvalue weighted by Gasteiger charge is -2.20. The number of amides is 4. The van der Waals surface area contributed by atoms with Crippen molar-refractivity contribution in [2.75, 3.05) is 18.9 Å². The first-order valence-electron chi connectivity index (χ1n) is 10.0. The summed E-state index contributed by atoms with van der Waals surface area (Å²) in [6, 6.07) is -0.241. The van der Waals surface area contributed by atoms with Gasteiger partial charge in [0.2, 0.25) is 11.7 Å². The average Bonchev–Trinajstić information content (AvgIpc) is 3.47. The van der Waals surface area contributed by atoms with Crippen molar-refractivity contribution >= 4 is 35.3 Å². The first-order valence-corrected chi connectivity index (χ1v) is 10.0. The molecule has 32 heavy (non-hydrogen) atoms. The van der Waals surface area contributed by atoms with Crippen molar-refractivity contribution in [2.45, 2.75) is 37.8 Å². The van der Waals surface area contributed by atoms with Gasteiger partial charge < -0.3 is 20.7 Å². The fourth-order valence-electron chi connectivity index (χ4n) is 3.22. The Bertz CT molecular complexity index is 966. The second kappa shape index (κ2) is 9.71. The summed E-state index contributed by atoms with van der Waals surface area (Å²) in [6.07, 6.45) is 0.363. The van der Waals surface area contributed by atoms with E-state index in [4.69, 9.17) is 4.74 Å². The first kappa shape index (κ1) is 23.1. The van der Waals surface area contributed by atoms with Gasteiger partial charge in [-0.2, -0.15) is 0 Å². The third-order valence-electron chi connectivity index (χ3n) is 5.10. The molecule has 10 nitrogen and oxygen atoms in total. The fraction of sp³-hybridized carbons (Fsp3) is 0.450. The lowest BCUT2D eigenvalue weighted by Crippen LogP contribution is -2.48. The van der Waals surface area contributed by atoms with Gasteiger partial charge in [-0.05, 0) is 31.7 Å². The van der Waals surface area contributed by atoms with E-state index in [1.165, 1.54) is 7.05 Å². The summed E-state index contributed by atoms with van der Waals surface area (Å²) < 4.78 is 32.6. The molecule has 4 amide bonds. The van der Waals surface area contributed by atoms with Gasteiger partial charge in [-0.15, -0.1) is 0 Å². The SMILES string of the molecule is CNC(=O)C(=O)[C@H](C[C@@H]1CCNC1=O)NC(=O)c1cc(F)c(F)cc1NC(=O)OC1CC1. The number of rotatable bonds is 8. The molecule has 0 radical (unpaired) electrons. The number of benzene rings is 1. The van der Waals surface area contributed by atoms with E-state index >= 15 is 0 Å². The normalized spacial score (nSPS) is 18.3. The molecule has 0 spiro atoms. The number of hydrogen-bond acceptors (Lipinski definition) is 6. The molecule has 1 aliphatic heterocycles. The number of ketones is 1. The van der Waals surface area contributed by atoms with Crippen molar-refractivity contribution in [1.29, 1.82) is 0 Å². The van der Waals surface area contributed by atoms with E-state index in [9.17, 15) is 32.8 Å². The molecular formula is C20H22F2N4O6. The number of ether oxygens (including phenoxy) is 1. The maximum Gasteiger partial charge on any atom is 0.411 e. The topological polar surface area (TPSA) is 143 Å². The van der Waals surface area contributed by atoms with E-state index in [0.29, 0.717) is 37.9 Å². The number of Topliss-reactive ketones (excluding diaryl/α,β-unsaturated/α-hetero) is 1. The monoisotopic (exact) mass is 452 g/mol. The van der Waals surface area contributed by atoms with Crippen LogP contribution in [0.2, 0.25) is 0 Å². The van der Waals surface area contributed by atoms with Crippen LogP contribution >= 0.6 is 0 Å². The fourth-order valence-corrected chi connectivity index (χ4v) is 3.22. The minimum absolute atomic E-state index is 0.167.